The van der Waals surface area contributed by atoms with Crippen LogP contribution in [0.4, 0.5) is 0 Å². The summed E-state index contributed by atoms with van der Waals surface area (Å²) >= 11 is 3.45. The molecule has 1 saturated carbocycles. The van der Waals surface area contributed by atoms with Gasteiger partial charge in [0.25, 0.3) is 0 Å². The van der Waals surface area contributed by atoms with Gasteiger partial charge in [-0.3, -0.25) is 0 Å². The van der Waals surface area contributed by atoms with Gasteiger partial charge < -0.3 is 10.1 Å². The second-order valence-corrected chi connectivity index (χ2v) is 6.22. The molecule has 0 aromatic heterocycles. The normalized spacial score (nSPS) is 14.3. The van der Waals surface area contributed by atoms with E-state index in [4.69, 9.17) is 4.74 Å². The molecule has 104 valence electrons. The van der Waals surface area contributed by atoms with E-state index in [1.54, 1.807) is 0 Å². The van der Waals surface area contributed by atoms with Crippen LogP contribution in [0.5, 0.6) is 11.5 Å². The van der Waals surface area contributed by atoms with Gasteiger partial charge in [-0.2, -0.15) is 0 Å². The molecule has 3 heteroatoms. The van der Waals surface area contributed by atoms with E-state index >= 15 is 0 Å². The van der Waals surface area contributed by atoms with E-state index in [1.165, 1.54) is 24.0 Å². The average Bonchev–Trinajstić information content (AvgIpc) is 3.22. The van der Waals surface area contributed by atoms with Gasteiger partial charge in [-0.15, -0.1) is 0 Å². The third kappa shape index (κ3) is 3.62. The third-order valence-electron chi connectivity index (χ3n) is 3.50. The van der Waals surface area contributed by atoms with Gasteiger partial charge in [-0.1, -0.05) is 28.1 Å². The molecule has 0 heterocycles. The van der Waals surface area contributed by atoms with Gasteiger partial charge in [-0.25, -0.2) is 0 Å². The topological polar surface area (TPSA) is 21.3 Å². The summed E-state index contributed by atoms with van der Waals surface area (Å²) in [5.41, 5.74) is 2.61. The van der Waals surface area contributed by atoms with Crippen molar-refractivity contribution in [2.24, 2.45) is 0 Å². The molecule has 1 aliphatic carbocycles. The van der Waals surface area contributed by atoms with Gasteiger partial charge in [0.2, 0.25) is 0 Å². The first-order valence-corrected chi connectivity index (χ1v) is 7.76. The Labute approximate surface area is 128 Å². The highest BCUT2D eigenvalue weighted by Gasteiger charge is 2.20. The number of nitrogens with one attached hydrogen (secondary N) is 1. The molecule has 2 aromatic carbocycles. The van der Waals surface area contributed by atoms with E-state index in [-0.39, 0.29) is 0 Å². The summed E-state index contributed by atoms with van der Waals surface area (Å²) in [5, 5.41) is 3.54. The van der Waals surface area contributed by atoms with Crippen LogP contribution in [0.25, 0.3) is 0 Å². The molecular formula is C17H18BrNO. The monoisotopic (exact) mass is 331 g/mol. The Bertz CT molecular complexity index is 608. The van der Waals surface area contributed by atoms with Crippen LogP contribution in [0.3, 0.4) is 0 Å². The third-order valence-corrected chi connectivity index (χ3v) is 4.00. The number of benzene rings is 2. The Hall–Kier alpha value is -1.32. The lowest BCUT2D eigenvalue weighted by molar-refractivity contribution is 0.481. The Kier molecular flexibility index (Phi) is 4.08. The molecule has 0 atom stereocenters. The number of aryl methyl sites for hydroxylation is 1. The molecule has 1 N–H and O–H groups in total. The Morgan fingerprint density at radius 1 is 1.15 bits per heavy atom. The molecule has 3 rings (SSSR count). The summed E-state index contributed by atoms with van der Waals surface area (Å²) in [6, 6.07) is 14.9. The van der Waals surface area contributed by atoms with Crippen molar-refractivity contribution in [2.75, 3.05) is 0 Å². The fraction of sp³-hybridized carbons (Fsp3) is 0.294. The molecule has 0 radical (unpaired) electrons. The van der Waals surface area contributed by atoms with Crippen LogP contribution in [0.2, 0.25) is 0 Å². The molecule has 0 bridgehead atoms. The Balaban J connectivity index is 1.69. The first kappa shape index (κ1) is 13.7. The zero-order chi connectivity index (χ0) is 13.9. The number of ether oxygens (including phenoxy) is 1. The molecule has 2 nitrogen and oxygen atoms in total. The summed E-state index contributed by atoms with van der Waals surface area (Å²) in [5.74, 6) is 1.73. The van der Waals surface area contributed by atoms with Crippen molar-refractivity contribution in [1.29, 1.82) is 0 Å². The summed E-state index contributed by atoms with van der Waals surface area (Å²) in [6.07, 6.45) is 2.65. The minimum atomic E-state index is 0.743. The molecule has 0 spiro atoms. The number of rotatable bonds is 5. The van der Waals surface area contributed by atoms with Gasteiger partial charge in [0.1, 0.15) is 11.5 Å². The van der Waals surface area contributed by atoms with Gasteiger partial charge in [0, 0.05) is 17.1 Å². The molecule has 2 aromatic rings. The van der Waals surface area contributed by atoms with E-state index in [1.807, 2.05) is 30.3 Å². The predicted molar refractivity (Wildman–Crippen MR) is 85.3 cm³/mol. The van der Waals surface area contributed by atoms with Crippen LogP contribution in [-0.4, -0.2) is 6.04 Å². The Morgan fingerprint density at radius 2 is 1.95 bits per heavy atom. The lowest BCUT2D eigenvalue weighted by Crippen LogP contribution is -2.15. The minimum Gasteiger partial charge on any atom is -0.457 e. The standard InChI is InChI=1S/C17H18BrNO/c1-12-9-17(20-16-4-2-3-14(18)10-16)8-5-13(12)11-19-15-6-7-15/h2-5,8-10,15,19H,6-7,11H2,1H3. The molecular weight excluding hydrogens is 314 g/mol. The van der Waals surface area contributed by atoms with Crippen molar-refractivity contribution < 1.29 is 4.74 Å². The largest absolute Gasteiger partial charge is 0.457 e. The van der Waals surface area contributed by atoms with Gasteiger partial charge in [-0.05, 0) is 61.2 Å². The van der Waals surface area contributed by atoms with Crippen molar-refractivity contribution in [3.05, 3.63) is 58.1 Å². The lowest BCUT2D eigenvalue weighted by atomic mass is 10.1. The van der Waals surface area contributed by atoms with Crippen molar-refractivity contribution in [3.63, 3.8) is 0 Å². The van der Waals surface area contributed by atoms with Gasteiger partial charge in [0.05, 0.1) is 0 Å². The Morgan fingerprint density at radius 3 is 2.65 bits per heavy atom. The van der Waals surface area contributed by atoms with Crippen LogP contribution in [-0.2, 0) is 6.54 Å². The second kappa shape index (κ2) is 5.98. The smallest absolute Gasteiger partial charge is 0.128 e. The number of hydrogen-bond acceptors (Lipinski definition) is 2. The van der Waals surface area contributed by atoms with E-state index in [0.29, 0.717) is 0 Å². The number of halogens is 1. The van der Waals surface area contributed by atoms with E-state index in [2.05, 4.69) is 40.3 Å². The van der Waals surface area contributed by atoms with E-state index in [9.17, 15) is 0 Å². The van der Waals surface area contributed by atoms with Crippen molar-refractivity contribution in [3.8, 4) is 11.5 Å². The first-order valence-electron chi connectivity index (χ1n) is 6.97. The van der Waals surface area contributed by atoms with Crippen molar-refractivity contribution in [2.45, 2.75) is 32.4 Å². The fourth-order valence-corrected chi connectivity index (χ4v) is 2.52. The molecule has 0 unspecified atom stereocenters. The summed E-state index contributed by atoms with van der Waals surface area (Å²) in [7, 11) is 0. The summed E-state index contributed by atoms with van der Waals surface area (Å²) < 4.78 is 6.91. The molecule has 0 saturated heterocycles. The zero-order valence-corrected chi connectivity index (χ0v) is 13.1. The molecule has 1 aliphatic rings. The van der Waals surface area contributed by atoms with Gasteiger partial charge in [0.15, 0.2) is 0 Å². The van der Waals surface area contributed by atoms with Crippen LogP contribution in [0.15, 0.2) is 46.9 Å². The lowest BCUT2D eigenvalue weighted by Gasteiger charge is -2.11. The van der Waals surface area contributed by atoms with Crippen molar-refractivity contribution in [1.82, 2.24) is 5.32 Å². The maximum absolute atomic E-state index is 5.88. The maximum Gasteiger partial charge on any atom is 0.128 e. The molecule has 20 heavy (non-hydrogen) atoms. The second-order valence-electron chi connectivity index (χ2n) is 5.30. The van der Waals surface area contributed by atoms with Crippen LogP contribution >= 0.6 is 15.9 Å². The predicted octanol–water partition coefficient (Wildman–Crippen LogP) is 4.80. The molecule has 0 aliphatic heterocycles. The maximum atomic E-state index is 5.88. The van der Waals surface area contributed by atoms with Crippen LogP contribution in [0.1, 0.15) is 24.0 Å². The summed E-state index contributed by atoms with van der Waals surface area (Å²) in [4.78, 5) is 0. The summed E-state index contributed by atoms with van der Waals surface area (Å²) in [6.45, 7) is 3.09. The quantitative estimate of drug-likeness (QED) is 0.849. The average molecular weight is 332 g/mol. The minimum absolute atomic E-state index is 0.743. The SMILES string of the molecule is Cc1cc(Oc2cccc(Br)c2)ccc1CNC1CC1. The van der Waals surface area contributed by atoms with E-state index in [0.717, 1.165) is 28.6 Å². The molecule has 0 amide bonds. The van der Waals surface area contributed by atoms with Crippen LogP contribution in [0, 0.1) is 6.92 Å². The highest BCUT2D eigenvalue weighted by molar-refractivity contribution is 9.10. The van der Waals surface area contributed by atoms with Crippen LogP contribution < -0.4 is 10.1 Å². The van der Waals surface area contributed by atoms with Crippen molar-refractivity contribution >= 4 is 15.9 Å². The zero-order valence-electron chi connectivity index (χ0n) is 11.5. The first-order chi connectivity index (χ1) is 9.70. The fourth-order valence-electron chi connectivity index (χ4n) is 2.14. The highest BCUT2D eigenvalue weighted by atomic mass is 79.9. The highest BCUT2D eigenvalue weighted by Crippen LogP contribution is 2.26. The van der Waals surface area contributed by atoms with E-state index < -0.39 is 0 Å². The molecule has 1 fully saturated rings. The van der Waals surface area contributed by atoms with Gasteiger partial charge >= 0.3 is 0 Å². The number of hydrogen-bond donors (Lipinski definition) is 1.